The minimum absolute atomic E-state index is 0.0822. The molecule has 0 saturated heterocycles. The number of non-ortho nitro benzene ring substituents is 1. The van der Waals surface area contributed by atoms with E-state index in [2.05, 4.69) is 25.9 Å². The quantitative estimate of drug-likeness (QED) is 0.261. The molecule has 1 aromatic heterocycles. The third-order valence-corrected chi connectivity index (χ3v) is 4.36. The lowest BCUT2D eigenvalue weighted by Crippen LogP contribution is -2.06. The second-order valence-electron chi connectivity index (χ2n) is 5.62. The molecule has 3 rings (SSSR count). The minimum Gasteiger partial charge on any atom is -0.494 e. The maximum atomic E-state index is 12.5. The summed E-state index contributed by atoms with van der Waals surface area (Å²) in [6.45, 7) is -0.314. The van der Waals surface area contributed by atoms with Gasteiger partial charge in [0.1, 0.15) is 0 Å². The molecule has 0 aliphatic carbocycles. The van der Waals surface area contributed by atoms with Crippen LogP contribution in [0.1, 0.15) is 17.5 Å². The average molecular weight is 420 g/mol. The zero-order valence-electron chi connectivity index (χ0n) is 13.6. The second-order valence-corrected chi connectivity index (χ2v) is 6.53. The van der Waals surface area contributed by atoms with Crippen molar-refractivity contribution in [3.63, 3.8) is 0 Å². The van der Waals surface area contributed by atoms with Crippen molar-refractivity contribution in [1.29, 1.82) is 0 Å². The van der Waals surface area contributed by atoms with Gasteiger partial charge in [0.05, 0.1) is 22.9 Å². The Hall–Kier alpha value is -2.74. The summed E-state index contributed by atoms with van der Waals surface area (Å²) >= 11 is 3.40. The van der Waals surface area contributed by atoms with E-state index in [9.17, 15) is 19.6 Å². The van der Waals surface area contributed by atoms with Crippen LogP contribution in [0.4, 0.5) is 10.1 Å². The summed E-state index contributed by atoms with van der Waals surface area (Å²) in [5.41, 5.74) is 1.91. The van der Waals surface area contributed by atoms with E-state index in [0.29, 0.717) is 27.7 Å². The van der Waals surface area contributed by atoms with E-state index in [1.165, 1.54) is 12.1 Å². The molecule has 2 N–H and O–H groups in total. The predicted octanol–water partition coefficient (Wildman–Crippen LogP) is 4.74. The molecule has 0 spiro atoms. The van der Waals surface area contributed by atoms with Crippen molar-refractivity contribution in [2.24, 2.45) is 4.99 Å². The number of H-pyrrole nitrogens is 1. The van der Waals surface area contributed by atoms with Gasteiger partial charge in [-0.3, -0.25) is 19.5 Å². The maximum absolute atomic E-state index is 12.5. The third kappa shape index (κ3) is 3.60. The number of aliphatic imine (C=N–C) groups is 1. The van der Waals surface area contributed by atoms with Crippen LogP contribution in [0.25, 0.3) is 10.9 Å². The second kappa shape index (κ2) is 7.65. The molecule has 0 fully saturated rings. The summed E-state index contributed by atoms with van der Waals surface area (Å²) in [5, 5.41) is 22.2. The van der Waals surface area contributed by atoms with Crippen LogP contribution >= 0.6 is 15.9 Å². The highest BCUT2D eigenvalue weighted by Crippen LogP contribution is 2.32. The molecule has 0 unspecified atom stereocenters. The van der Waals surface area contributed by atoms with E-state index in [1.54, 1.807) is 18.2 Å². The first-order valence-corrected chi connectivity index (χ1v) is 8.66. The van der Waals surface area contributed by atoms with Crippen LogP contribution in [-0.2, 0) is 0 Å². The van der Waals surface area contributed by atoms with E-state index < -0.39 is 11.6 Å². The molecule has 8 heteroatoms. The summed E-state index contributed by atoms with van der Waals surface area (Å²) in [4.78, 5) is 17.9. The van der Waals surface area contributed by atoms with Crippen LogP contribution < -0.4 is 0 Å². The van der Waals surface area contributed by atoms with Crippen LogP contribution in [-0.4, -0.2) is 33.9 Å². The van der Waals surface area contributed by atoms with Gasteiger partial charge in [-0.15, -0.1) is 0 Å². The Kier molecular flexibility index (Phi) is 5.32. The molecule has 26 heavy (non-hydrogen) atoms. The number of nitro groups is 1. The number of nitro benzene ring substituents is 1. The highest BCUT2D eigenvalue weighted by Gasteiger charge is 2.20. The van der Waals surface area contributed by atoms with Crippen LogP contribution in [0.3, 0.4) is 0 Å². The molecule has 1 heterocycles. The molecule has 6 nitrogen and oxygen atoms in total. The van der Waals surface area contributed by atoms with Gasteiger partial charge in [0.2, 0.25) is 0 Å². The first-order valence-electron chi connectivity index (χ1n) is 7.87. The van der Waals surface area contributed by atoms with Crippen LogP contribution in [0.2, 0.25) is 0 Å². The number of aromatic amines is 1. The lowest BCUT2D eigenvalue weighted by atomic mass is 10.0. The number of aromatic hydroxyl groups is 1. The Morgan fingerprint density at radius 1 is 1.31 bits per heavy atom. The maximum Gasteiger partial charge on any atom is 0.270 e. The Bertz CT molecular complexity index is 1000. The van der Waals surface area contributed by atoms with Crippen LogP contribution in [0.5, 0.6) is 5.88 Å². The molecule has 3 aromatic rings. The Balaban J connectivity index is 2.21. The van der Waals surface area contributed by atoms with E-state index in [0.717, 1.165) is 4.47 Å². The monoisotopic (exact) mass is 419 g/mol. The smallest absolute Gasteiger partial charge is 0.270 e. The highest BCUT2D eigenvalue weighted by atomic mass is 79.9. The summed E-state index contributed by atoms with van der Waals surface area (Å²) < 4.78 is 13.3. The molecule has 0 aliphatic rings. The number of nitrogens with zero attached hydrogens (tertiary/aromatic N) is 2. The molecule has 0 radical (unpaired) electrons. The lowest BCUT2D eigenvalue weighted by Gasteiger charge is -2.08. The fourth-order valence-corrected chi connectivity index (χ4v) is 3.08. The standard InChI is InChI=1S/C18H15BrFN3O3/c19-12-5-6-15-14(10-12)16(18(24)22-15)17(21-8-2-7-20)11-3-1-4-13(9-11)23(25)26/h1,3-6,9-10,22,24H,2,7-8H2. The summed E-state index contributed by atoms with van der Waals surface area (Å²) in [7, 11) is 0. The summed E-state index contributed by atoms with van der Waals surface area (Å²) in [6, 6.07) is 11.5. The molecule has 0 atom stereocenters. The number of nitrogens with one attached hydrogen (secondary N) is 1. The Labute approximate surface area is 156 Å². The first kappa shape index (κ1) is 18.1. The molecular formula is C18H15BrFN3O3. The summed E-state index contributed by atoms with van der Waals surface area (Å²) in [5.74, 6) is -0.0939. The van der Waals surface area contributed by atoms with Crippen molar-refractivity contribution >= 4 is 38.2 Å². The first-order chi connectivity index (χ1) is 12.5. The van der Waals surface area contributed by atoms with Crippen molar-refractivity contribution in [2.75, 3.05) is 13.2 Å². The van der Waals surface area contributed by atoms with Gasteiger partial charge in [0.15, 0.2) is 5.88 Å². The summed E-state index contributed by atoms with van der Waals surface area (Å²) in [6.07, 6.45) is 0.227. The molecule has 0 saturated carbocycles. The van der Waals surface area contributed by atoms with Crippen LogP contribution in [0.15, 0.2) is 51.9 Å². The van der Waals surface area contributed by atoms with Gasteiger partial charge >= 0.3 is 0 Å². The molecular weight excluding hydrogens is 405 g/mol. The van der Waals surface area contributed by atoms with Crippen molar-refractivity contribution < 1.29 is 14.4 Å². The van der Waals surface area contributed by atoms with Gasteiger partial charge in [0.25, 0.3) is 5.69 Å². The number of rotatable bonds is 6. The minimum atomic E-state index is -0.517. The topological polar surface area (TPSA) is 91.5 Å². The van der Waals surface area contributed by atoms with Gasteiger partial charge in [-0.25, -0.2) is 0 Å². The molecule has 0 amide bonds. The van der Waals surface area contributed by atoms with E-state index in [4.69, 9.17) is 0 Å². The van der Waals surface area contributed by atoms with Crippen molar-refractivity contribution in [3.8, 4) is 5.88 Å². The van der Waals surface area contributed by atoms with Crippen molar-refractivity contribution in [3.05, 3.63) is 68.2 Å². The number of fused-ring (bicyclic) bond motifs is 1. The number of benzene rings is 2. The predicted molar refractivity (Wildman–Crippen MR) is 102 cm³/mol. The number of halogens is 2. The van der Waals surface area contributed by atoms with E-state index in [-0.39, 0.29) is 24.5 Å². The average Bonchev–Trinajstić information content (AvgIpc) is 2.94. The van der Waals surface area contributed by atoms with Crippen molar-refractivity contribution in [1.82, 2.24) is 4.98 Å². The Morgan fingerprint density at radius 3 is 2.85 bits per heavy atom. The van der Waals surface area contributed by atoms with Gasteiger partial charge in [-0.2, -0.15) is 0 Å². The highest BCUT2D eigenvalue weighted by molar-refractivity contribution is 9.10. The molecule has 134 valence electrons. The normalized spacial score (nSPS) is 11.8. The molecule has 0 aliphatic heterocycles. The fourth-order valence-electron chi connectivity index (χ4n) is 2.72. The lowest BCUT2D eigenvalue weighted by molar-refractivity contribution is -0.384. The number of aromatic nitrogens is 1. The van der Waals surface area contributed by atoms with Gasteiger partial charge < -0.3 is 10.1 Å². The van der Waals surface area contributed by atoms with Gasteiger partial charge in [-0.1, -0.05) is 28.1 Å². The number of alkyl halides is 1. The van der Waals surface area contributed by atoms with E-state index in [1.807, 2.05) is 12.1 Å². The van der Waals surface area contributed by atoms with E-state index >= 15 is 0 Å². The Morgan fingerprint density at radius 2 is 2.12 bits per heavy atom. The zero-order valence-corrected chi connectivity index (χ0v) is 15.2. The van der Waals surface area contributed by atoms with Gasteiger partial charge in [0, 0.05) is 39.6 Å². The third-order valence-electron chi connectivity index (χ3n) is 3.87. The SMILES string of the molecule is O=[N+]([O-])c1cccc(C(=NCCCF)c2c(O)[nH]c3ccc(Br)cc23)c1. The largest absolute Gasteiger partial charge is 0.494 e. The number of hydrogen-bond acceptors (Lipinski definition) is 4. The van der Waals surface area contributed by atoms with Crippen molar-refractivity contribution in [2.45, 2.75) is 6.42 Å². The molecule has 0 bridgehead atoms. The van der Waals surface area contributed by atoms with Gasteiger partial charge in [-0.05, 0) is 24.6 Å². The zero-order chi connectivity index (χ0) is 18.7. The van der Waals surface area contributed by atoms with Crippen LogP contribution in [0, 0.1) is 10.1 Å². The molecule has 2 aromatic carbocycles. The fraction of sp³-hybridized carbons (Fsp3) is 0.167. The number of hydrogen-bond donors (Lipinski definition) is 2.